The molecule has 0 atom stereocenters. The van der Waals surface area contributed by atoms with Crippen LogP contribution in [0.25, 0.3) is 0 Å². The van der Waals surface area contributed by atoms with Gasteiger partial charge in [-0.2, -0.15) is 5.26 Å². The minimum absolute atomic E-state index is 0.133. The number of carboxylic acid groups (broad SMARTS) is 1. The van der Waals surface area contributed by atoms with Gasteiger partial charge in [0.25, 0.3) is 5.91 Å². The van der Waals surface area contributed by atoms with E-state index >= 15 is 0 Å². The van der Waals surface area contributed by atoms with Gasteiger partial charge in [-0.15, -0.1) is 0 Å². The van der Waals surface area contributed by atoms with Gasteiger partial charge < -0.3 is 19.5 Å². The van der Waals surface area contributed by atoms with Gasteiger partial charge in [-0.3, -0.25) is 4.79 Å². The highest BCUT2D eigenvalue weighted by Crippen LogP contribution is 2.35. The predicted octanol–water partition coefficient (Wildman–Crippen LogP) is 3.70. The highest BCUT2D eigenvalue weighted by molar-refractivity contribution is 6.30. The molecule has 168 valence electrons. The number of rotatable bonds is 8. The fourth-order valence-corrected chi connectivity index (χ4v) is 3.75. The van der Waals surface area contributed by atoms with Crippen molar-refractivity contribution in [2.24, 2.45) is 5.41 Å². The molecule has 32 heavy (non-hydrogen) atoms. The van der Waals surface area contributed by atoms with Gasteiger partial charge in [0.15, 0.2) is 24.7 Å². The van der Waals surface area contributed by atoms with E-state index in [0.717, 1.165) is 5.56 Å². The highest BCUT2D eigenvalue weighted by Gasteiger charge is 2.36. The molecule has 2 aromatic rings. The molecule has 0 saturated carbocycles. The lowest BCUT2D eigenvalue weighted by atomic mass is 9.75. The number of amides is 1. The second-order valence-corrected chi connectivity index (χ2v) is 8.07. The van der Waals surface area contributed by atoms with E-state index in [1.54, 1.807) is 23.1 Å². The lowest BCUT2D eigenvalue weighted by molar-refractivity contribution is -0.139. The van der Waals surface area contributed by atoms with Gasteiger partial charge >= 0.3 is 5.97 Å². The summed E-state index contributed by atoms with van der Waals surface area (Å²) in [6.45, 7) is -0.0243. The van der Waals surface area contributed by atoms with E-state index in [1.807, 2.05) is 0 Å². The summed E-state index contributed by atoms with van der Waals surface area (Å²) in [5.41, 5.74) is 0.274. The predicted molar refractivity (Wildman–Crippen MR) is 114 cm³/mol. The molecule has 1 aliphatic heterocycles. The Labute approximate surface area is 189 Å². The van der Waals surface area contributed by atoms with Crippen LogP contribution in [0.1, 0.15) is 18.4 Å². The van der Waals surface area contributed by atoms with Crippen molar-refractivity contribution in [1.29, 1.82) is 5.26 Å². The maximum absolute atomic E-state index is 13.1. The number of aliphatic carboxylic acids is 1. The van der Waals surface area contributed by atoms with Crippen LogP contribution >= 0.6 is 11.6 Å². The molecule has 2 aromatic carbocycles. The van der Waals surface area contributed by atoms with Crippen molar-refractivity contribution in [2.75, 3.05) is 26.3 Å². The first kappa shape index (κ1) is 23.4. The highest BCUT2D eigenvalue weighted by atomic mass is 35.5. The van der Waals surface area contributed by atoms with E-state index in [4.69, 9.17) is 26.2 Å². The Morgan fingerprint density at radius 3 is 2.38 bits per heavy atom. The minimum atomic E-state index is -1.15. The molecule has 3 rings (SSSR count). The second kappa shape index (κ2) is 10.3. The average Bonchev–Trinajstić information content (AvgIpc) is 2.79. The smallest absolute Gasteiger partial charge is 0.341 e. The number of nitrogens with zero attached hydrogens (tertiary/aromatic N) is 2. The standard InChI is InChI=1S/C23H22ClFN2O5/c24-17-3-6-19(20(11-17)32-14-22(29)30)31-13-21(28)27-9-7-23(15-26,8-10-27)12-16-1-4-18(25)5-2-16/h1-6,11H,7-10,12-14H2,(H,29,30). The van der Waals surface area contributed by atoms with E-state index in [1.165, 1.54) is 24.3 Å². The Morgan fingerprint density at radius 2 is 1.75 bits per heavy atom. The maximum atomic E-state index is 13.1. The fraction of sp³-hybridized carbons (Fsp3) is 0.348. The fourth-order valence-electron chi connectivity index (χ4n) is 3.59. The topological polar surface area (TPSA) is 99.9 Å². The number of ether oxygens (including phenoxy) is 2. The van der Waals surface area contributed by atoms with Crippen molar-refractivity contribution in [3.05, 3.63) is 58.9 Å². The molecule has 0 bridgehead atoms. The van der Waals surface area contributed by atoms with Crippen LogP contribution in [0.3, 0.4) is 0 Å². The third-order valence-corrected chi connectivity index (χ3v) is 5.61. The number of halogens is 2. The first-order chi connectivity index (χ1) is 15.3. The van der Waals surface area contributed by atoms with E-state index in [9.17, 15) is 19.2 Å². The first-order valence-corrected chi connectivity index (χ1v) is 10.4. The molecule has 1 amide bonds. The summed E-state index contributed by atoms with van der Waals surface area (Å²) in [5.74, 6) is -1.38. The van der Waals surface area contributed by atoms with Crippen LogP contribution in [0.2, 0.25) is 5.02 Å². The molecular weight excluding hydrogens is 439 g/mol. The van der Waals surface area contributed by atoms with Crippen LogP contribution < -0.4 is 9.47 Å². The third-order valence-electron chi connectivity index (χ3n) is 5.37. The van der Waals surface area contributed by atoms with Crippen molar-refractivity contribution in [3.8, 4) is 17.6 Å². The molecule has 7 nitrogen and oxygen atoms in total. The zero-order valence-corrected chi connectivity index (χ0v) is 18.0. The number of hydrogen-bond donors (Lipinski definition) is 1. The van der Waals surface area contributed by atoms with E-state index in [-0.39, 0.29) is 29.8 Å². The van der Waals surface area contributed by atoms with Crippen LogP contribution in [0.4, 0.5) is 4.39 Å². The number of benzene rings is 2. The Hall–Kier alpha value is -3.31. The number of carboxylic acids is 1. The van der Waals surface area contributed by atoms with Crippen LogP contribution in [0, 0.1) is 22.6 Å². The largest absolute Gasteiger partial charge is 0.480 e. The summed E-state index contributed by atoms with van der Waals surface area (Å²) in [4.78, 5) is 25.0. The summed E-state index contributed by atoms with van der Waals surface area (Å²) in [6.07, 6.45) is 1.50. The van der Waals surface area contributed by atoms with Gasteiger partial charge in [-0.25, -0.2) is 9.18 Å². The number of likely N-dealkylation sites (tertiary alicyclic amines) is 1. The molecule has 1 saturated heterocycles. The molecule has 0 aromatic heterocycles. The zero-order chi connectivity index (χ0) is 23.1. The maximum Gasteiger partial charge on any atom is 0.341 e. The summed E-state index contributed by atoms with van der Waals surface area (Å²) >= 11 is 5.92. The van der Waals surface area contributed by atoms with Gasteiger partial charge in [0, 0.05) is 24.2 Å². The molecule has 0 radical (unpaired) electrons. The van der Waals surface area contributed by atoms with Crippen LogP contribution in [-0.2, 0) is 16.0 Å². The van der Waals surface area contributed by atoms with Crippen molar-refractivity contribution in [2.45, 2.75) is 19.3 Å². The van der Waals surface area contributed by atoms with Crippen molar-refractivity contribution in [1.82, 2.24) is 4.90 Å². The summed E-state index contributed by atoms with van der Waals surface area (Å²) in [6, 6.07) is 13.0. The van der Waals surface area contributed by atoms with E-state index in [2.05, 4.69) is 6.07 Å². The van der Waals surface area contributed by atoms with Gasteiger partial charge in [-0.1, -0.05) is 23.7 Å². The molecule has 0 spiro atoms. The Morgan fingerprint density at radius 1 is 1.09 bits per heavy atom. The number of piperidine rings is 1. The van der Waals surface area contributed by atoms with E-state index < -0.39 is 18.0 Å². The van der Waals surface area contributed by atoms with Gasteiger partial charge in [-0.05, 0) is 49.1 Å². The lowest BCUT2D eigenvalue weighted by Crippen LogP contribution is -2.45. The van der Waals surface area contributed by atoms with Gasteiger partial charge in [0.1, 0.15) is 5.82 Å². The molecule has 1 N–H and O–H groups in total. The SMILES string of the molecule is N#CC1(Cc2ccc(F)cc2)CCN(C(=O)COc2ccc(Cl)cc2OCC(=O)O)CC1. The number of nitriles is 1. The quantitative estimate of drug-likeness (QED) is 0.644. The van der Waals surface area contributed by atoms with Gasteiger partial charge in [0.2, 0.25) is 0 Å². The summed E-state index contributed by atoms with van der Waals surface area (Å²) in [7, 11) is 0. The minimum Gasteiger partial charge on any atom is -0.480 e. The zero-order valence-electron chi connectivity index (χ0n) is 17.2. The first-order valence-electron chi connectivity index (χ1n) is 10.0. The molecule has 0 unspecified atom stereocenters. The van der Waals surface area contributed by atoms with Crippen LogP contribution in [-0.4, -0.2) is 48.2 Å². The van der Waals surface area contributed by atoms with E-state index in [0.29, 0.717) is 37.4 Å². The Balaban J connectivity index is 1.56. The van der Waals surface area contributed by atoms with Crippen molar-refractivity contribution < 1.29 is 28.6 Å². The molecular formula is C23H22ClFN2O5. The van der Waals surface area contributed by atoms with Crippen LogP contribution in [0.15, 0.2) is 42.5 Å². The average molecular weight is 461 g/mol. The Kier molecular flexibility index (Phi) is 7.54. The molecule has 0 aliphatic carbocycles. The molecule has 9 heteroatoms. The van der Waals surface area contributed by atoms with Crippen molar-refractivity contribution in [3.63, 3.8) is 0 Å². The number of carbonyl (C=O) groups excluding carboxylic acids is 1. The van der Waals surface area contributed by atoms with Gasteiger partial charge in [0.05, 0.1) is 11.5 Å². The second-order valence-electron chi connectivity index (χ2n) is 7.64. The van der Waals surface area contributed by atoms with Crippen LogP contribution in [0.5, 0.6) is 11.5 Å². The summed E-state index contributed by atoms with van der Waals surface area (Å²) in [5, 5.41) is 18.9. The number of hydrogen-bond acceptors (Lipinski definition) is 5. The molecule has 1 fully saturated rings. The normalized spacial score (nSPS) is 15.0. The summed E-state index contributed by atoms with van der Waals surface area (Å²) < 4.78 is 23.9. The van der Waals surface area contributed by atoms with Crippen molar-refractivity contribution >= 4 is 23.5 Å². The molecule has 1 heterocycles. The lowest BCUT2D eigenvalue weighted by Gasteiger charge is -2.37. The molecule has 1 aliphatic rings. The monoisotopic (exact) mass is 460 g/mol. The number of carbonyl (C=O) groups is 2. The Bertz CT molecular complexity index is 1010. The third kappa shape index (κ3) is 6.11.